The Bertz CT molecular complexity index is 1170. The number of methoxy groups -OCH3 is 1. The van der Waals surface area contributed by atoms with Gasteiger partial charge in [0.1, 0.15) is 13.2 Å². The van der Waals surface area contributed by atoms with Crippen LogP contribution in [0.3, 0.4) is 0 Å². The predicted octanol–water partition coefficient (Wildman–Crippen LogP) is 4.13. The van der Waals surface area contributed by atoms with Crippen LogP contribution in [0.5, 0.6) is 11.5 Å². The zero-order chi connectivity index (χ0) is 25.9. The zero-order valence-electron chi connectivity index (χ0n) is 20.4. The molecule has 0 saturated carbocycles. The fourth-order valence-electron chi connectivity index (χ4n) is 3.52. The molecule has 0 radical (unpaired) electrons. The van der Waals surface area contributed by atoms with Crippen LogP contribution in [0.2, 0.25) is 0 Å². The number of esters is 2. The van der Waals surface area contributed by atoms with Crippen molar-refractivity contribution in [2.75, 3.05) is 7.11 Å². The van der Waals surface area contributed by atoms with Crippen molar-refractivity contribution >= 4 is 17.8 Å². The molecule has 2 atom stereocenters. The number of carbonyl (C=O) groups excluding carboxylic acids is 3. The summed E-state index contributed by atoms with van der Waals surface area (Å²) in [6.07, 6.45) is -1.15. The van der Waals surface area contributed by atoms with Crippen molar-refractivity contribution in [3.8, 4) is 11.5 Å². The van der Waals surface area contributed by atoms with Gasteiger partial charge in [0, 0.05) is 13.8 Å². The van der Waals surface area contributed by atoms with E-state index >= 15 is 0 Å². The van der Waals surface area contributed by atoms with Crippen molar-refractivity contribution in [2.24, 2.45) is 0 Å². The smallest absolute Gasteiger partial charge is 0.332 e. The Morgan fingerprint density at radius 2 is 1.33 bits per heavy atom. The average molecular weight is 492 g/mol. The summed E-state index contributed by atoms with van der Waals surface area (Å²) >= 11 is 0. The summed E-state index contributed by atoms with van der Waals surface area (Å²) in [6, 6.07) is 23.0. The van der Waals surface area contributed by atoms with E-state index in [-0.39, 0.29) is 6.61 Å². The van der Waals surface area contributed by atoms with Gasteiger partial charge in [-0.2, -0.15) is 0 Å². The van der Waals surface area contributed by atoms with Gasteiger partial charge in [0.15, 0.2) is 23.6 Å². The first kappa shape index (κ1) is 26.3. The van der Waals surface area contributed by atoms with E-state index in [1.54, 1.807) is 18.2 Å². The number of carbonyl (C=O) groups is 3. The molecule has 1 N–H and O–H groups in total. The second-order valence-corrected chi connectivity index (χ2v) is 7.99. The highest BCUT2D eigenvalue weighted by molar-refractivity contribution is 5.84. The Labute approximate surface area is 210 Å². The van der Waals surface area contributed by atoms with Crippen LogP contribution in [0.25, 0.3) is 0 Å². The second-order valence-electron chi connectivity index (χ2n) is 7.99. The van der Waals surface area contributed by atoms with Crippen molar-refractivity contribution in [1.82, 2.24) is 5.32 Å². The van der Waals surface area contributed by atoms with Crippen molar-refractivity contribution in [3.63, 3.8) is 0 Å². The number of hydrogen-bond donors (Lipinski definition) is 1. The third kappa shape index (κ3) is 7.59. The Kier molecular flexibility index (Phi) is 9.45. The lowest BCUT2D eigenvalue weighted by atomic mass is 10.0. The molecule has 3 aromatic carbocycles. The SMILES string of the molecule is COC(=O)[C@@H](NC(C)=O)[C@H](OC(C)=O)c1ccc(OCc2ccccc2)c(OCc2ccccc2)c1. The molecule has 3 rings (SSSR count). The summed E-state index contributed by atoms with van der Waals surface area (Å²) in [5.74, 6) is -1.01. The quantitative estimate of drug-likeness (QED) is 0.403. The van der Waals surface area contributed by atoms with E-state index in [0.29, 0.717) is 23.7 Å². The van der Waals surface area contributed by atoms with E-state index in [1.807, 2.05) is 60.7 Å². The van der Waals surface area contributed by atoms with Crippen LogP contribution < -0.4 is 14.8 Å². The molecular weight excluding hydrogens is 462 g/mol. The van der Waals surface area contributed by atoms with E-state index in [9.17, 15) is 14.4 Å². The molecule has 0 bridgehead atoms. The minimum absolute atomic E-state index is 0.260. The fraction of sp³-hybridized carbons (Fsp3) is 0.250. The number of benzene rings is 3. The fourth-order valence-corrected chi connectivity index (χ4v) is 3.52. The Morgan fingerprint density at radius 1 is 0.778 bits per heavy atom. The maximum absolute atomic E-state index is 12.5. The molecule has 8 nitrogen and oxygen atoms in total. The Balaban J connectivity index is 1.96. The summed E-state index contributed by atoms with van der Waals surface area (Å²) in [6.45, 7) is 3.05. The van der Waals surface area contributed by atoms with Gasteiger partial charge >= 0.3 is 11.9 Å². The van der Waals surface area contributed by atoms with E-state index in [1.165, 1.54) is 21.0 Å². The normalized spacial score (nSPS) is 12.1. The predicted molar refractivity (Wildman–Crippen MR) is 132 cm³/mol. The highest BCUT2D eigenvalue weighted by Gasteiger charge is 2.34. The number of rotatable bonds is 11. The van der Waals surface area contributed by atoms with Crippen LogP contribution in [0, 0.1) is 0 Å². The summed E-state index contributed by atoms with van der Waals surface area (Å²) in [7, 11) is 1.19. The number of ether oxygens (including phenoxy) is 4. The highest BCUT2D eigenvalue weighted by Crippen LogP contribution is 2.34. The minimum atomic E-state index is -1.26. The van der Waals surface area contributed by atoms with E-state index < -0.39 is 30.0 Å². The maximum Gasteiger partial charge on any atom is 0.332 e. The molecule has 1 amide bonds. The van der Waals surface area contributed by atoms with Crippen LogP contribution in [0.4, 0.5) is 0 Å². The van der Waals surface area contributed by atoms with Crippen LogP contribution in [-0.4, -0.2) is 31.0 Å². The first-order chi connectivity index (χ1) is 17.4. The molecule has 0 unspecified atom stereocenters. The lowest BCUT2D eigenvalue weighted by Gasteiger charge is -2.26. The van der Waals surface area contributed by atoms with Crippen molar-refractivity contribution in [1.29, 1.82) is 0 Å². The van der Waals surface area contributed by atoms with Crippen molar-refractivity contribution in [3.05, 3.63) is 95.6 Å². The van der Waals surface area contributed by atoms with Gasteiger partial charge in [0.2, 0.25) is 5.91 Å². The summed E-state index contributed by atoms with van der Waals surface area (Å²) in [5, 5.41) is 2.51. The molecule has 0 heterocycles. The molecule has 8 heteroatoms. The molecule has 0 aliphatic carbocycles. The Hall–Kier alpha value is -4.33. The van der Waals surface area contributed by atoms with Gasteiger partial charge in [-0.15, -0.1) is 0 Å². The third-order valence-corrected chi connectivity index (χ3v) is 5.18. The molecule has 3 aromatic rings. The van der Waals surface area contributed by atoms with E-state index in [2.05, 4.69) is 5.32 Å². The van der Waals surface area contributed by atoms with Crippen LogP contribution >= 0.6 is 0 Å². The number of amides is 1. The first-order valence-corrected chi connectivity index (χ1v) is 11.4. The van der Waals surface area contributed by atoms with Crippen LogP contribution in [-0.2, 0) is 37.1 Å². The minimum Gasteiger partial charge on any atom is -0.485 e. The third-order valence-electron chi connectivity index (χ3n) is 5.18. The van der Waals surface area contributed by atoms with E-state index in [4.69, 9.17) is 18.9 Å². The van der Waals surface area contributed by atoms with Gasteiger partial charge in [0.05, 0.1) is 7.11 Å². The number of hydrogen-bond acceptors (Lipinski definition) is 7. The monoisotopic (exact) mass is 491 g/mol. The molecule has 0 fully saturated rings. The van der Waals surface area contributed by atoms with Gasteiger partial charge in [-0.1, -0.05) is 66.7 Å². The molecule has 36 heavy (non-hydrogen) atoms. The van der Waals surface area contributed by atoms with Gasteiger partial charge in [-0.05, 0) is 28.8 Å². The van der Waals surface area contributed by atoms with Crippen LogP contribution in [0.15, 0.2) is 78.9 Å². The lowest BCUT2D eigenvalue weighted by molar-refractivity contribution is -0.157. The Morgan fingerprint density at radius 3 is 1.83 bits per heavy atom. The standard InChI is InChI=1S/C28H29NO7/c1-19(30)29-26(28(32)33-3)27(36-20(2)31)23-14-15-24(34-17-21-10-6-4-7-11-21)25(16-23)35-18-22-12-8-5-9-13-22/h4-16,26-27H,17-18H2,1-3H3,(H,29,30)/t26-,27+/m0/s1. The molecule has 0 spiro atoms. The zero-order valence-corrected chi connectivity index (χ0v) is 20.4. The van der Waals surface area contributed by atoms with E-state index in [0.717, 1.165) is 11.1 Å². The molecule has 0 aromatic heterocycles. The first-order valence-electron chi connectivity index (χ1n) is 11.4. The largest absolute Gasteiger partial charge is 0.485 e. The van der Waals surface area contributed by atoms with Gasteiger partial charge < -0.3 is 24.3 Å². The summed E-state index contributed by atoms with van der Waals surface area (Å²) in [5.41, 5.74) is 2.34. The lowest BCUT2D eigenvalue weighted by Crippen LogP contribution is -2.46. The molecule has 0 aliphatic heterocycles. The molecule has 0 saturated heterocycles. The topological polar surface area (TPSA) is 100 Å². The van der Waals surface area contributed by atoms with Crippen LogP contribution in [0.1, 0.15) is 36.6 Å². The average Bonchev–Trinajstić information content (AvgIpc) is 2.89. The molecule has 188 valence electrons. The summed E-state index contributed by atoms with van der Waals surface area (Å²) in [4.78, 5) is 36.2. The van der Waals surface area contributed by atoms with Gasteiger partial charge in [0.25, 0.3) is 0 Å². The van der Waals surface area contributed by atoms with Gasteiger partial charge in [-0.3, -0.25) is 9.59 Å². The molecule has 0 aliphatic rings. The highest BCUT2D eigenvalue weighted by atomic mass is 16.6. The number of nitrogens with one attached hydrogen (secondary N) is 1. The van der Waals surface area contributed by atoms with Crippen molar-refractivity contribution < 1.29 is 33.3 Å². The molecular formula is C28H29NO7. The maximum atomic E-state index is 12.5. The second kappa shape index (κ2) is 12.9. The van der Waals surface area contributed by atoms with Gasteiger partial charge in [-0.25, -0.2) is 4.79 Å². The summed E-state index contributed by atoms with van der Waals surface area (Å²) < 4.78 is 22.4. The van der Waals surface area contributed by atoms with Crippen molar-refractivity contribution in [2.45, 2.75) is 39.2 Å².